The van der Waals surface area contributed by atoms with E-state index in [2.05, 4.69) is 12.2 Å². The molecule has 1 aliphatic heterocycles. The summed E-state index contributed by atoms with van der Waals surface area (Å²) in [7, 11) is 0. The monoisotopic (exact) mass is 282 g/mol. The second kappa shape index (κ2) is 5.62. The van der Waals surface area contributed by atoms with Crippen molar-refractivity contribution >= 4 is 12.0 Å². The summed E-state index contributed by atoms with van der Waals surface area (Å²) < 4.78 is 0. The molecule has 2 amide bonds. The van der Waals surface area contributed by atoms with Crippen LogP contribution in [0.3, 0.4) is 0 Å². The Balaban J connectivity index is 1.87. The zero-order chi connectivity index (χ0) is 14.9. The minimum Gasteiger partial charge on any atom is -0.481 e. The van der Waals surface area contributed by atoms with E-state index in [1.165, 1.54) is 12.8 Å². The normalized spacial score (nSPS) is 27.7. The van der Waals surface area contributed by atoms with E-state index in [1.807, 2.05) is 13.8 Å². The SMILES string of the molecule is CC(CNC(=O)N1CCC(C(=O)O)(C(C)C)C1)C1CC1. The lowest BCUT2D eigenvalue weighted by Crippen LogP contribution is -2.44. The molecule has 114 valence electrons. The number of carboxylic acid groups (broad SMARTS) is 1. The number of nitrogens with one attached hydrogen (secondary N) is 1. The van der Waals surface area contributed by atoms with Crippen molar-refractivity contribution in [3.63, 3.8) is 0 Å². The summed E-state index contributed by atoms with van der Waals surface area (Å²) in [6.45, 7) is 7.56. The maximum atomic E-state index is 12.1. The summed E-state index contributed by atoms with van der Waals surface area (Å²) >= 11 is 0. The number of carbonyl (C=O) groups excluding carboxylic acids is 1. The van der Waals surface area contributed by atoms with Crippen molar-refractivity contribution in [1.29, 1.82) is 0 Å². The van der Waals surface area contributed by atoms with E-state index in [4.69, 9.17) is 0 Å². The van der Waals surface area contributed by atoms with Crippen LogP contribution in [0.5, 0.6) is 0 Å². The van der Waals surface area contributed by atoms with Crippen LogP contribution in [0.2, 0.25) is 0 Å². The topological polar surface area (TPSA) is 69.6 Å². The molecule has 2 atom stereocenters. The lowest BCUT2D eigenvalue weighted by Gasteiger charge is -2.28. The van der Waals surface area contributed by atoms with Gasteiger partial charge in [-0.25, -0.2) is 4.79 Å². The first-order chi connectivity index (χ1) is 9.36. The smallest absolute Gasteiger partial charge is 0.317 e. The highest BCUT2D eigenvalue weighted by molar-refractivity contribution is 5.80. The minimum absolute atomic E-state index is 0.0307. The van der Waals surface area contributed by atoms with Gasteiger partial charge in [-0.3, -0.25) is 4.79 Å². The Morgan fingerprint density at radius 1 is 1.35 bits per heavy atom. The van der Waals surface area contributed by atoms with Gasteiger partial charge in [0.15, 0.2) is 0 Å². The van der Waals surface area contributed by atoms with Crippen molar-refractivity contribution in [2.45, 2.75) is 40.0 Å². The number of carbonyl (C=O) groups is 2. The van der Waals surface area contributed by atoms with E-state index < -0.39 is 11.4 Å². The molecular weight excluding hydrogens is 256 g/mol. The number of nitrogens with zero attached hydrogens (tertiary/aromatic N) is 1. The molecule has 5 heteroatoms. The van der Waals surface area contributed by atoms with Gasteiger partial charge in [-0.05, 0) is 37.0 Å². The molecule has 1 saturated carbocycles. The Kier molecular flexibility index (Phi) is 4.25. The maximum Gasteiger partial charge on any atom is 0.317 e. The molecule has 0 aromatic carbocycles. The summed E-state index contributed by atoms with van der Waals surface area (Å²) in [5.74, 6) is 0.538. The molecule has 2 unspecified atom stereocenters. The third-order valence-electron chi connectivity index (χ3n) is 5.12. The van der Waals surface area contributed by atoms with Crippen molar-refractivity contribution in [2.24, 2.45) is 23.2 Å². The lowest BCUT2D eigenvalue weighted by atomic mass is 9.76. The van der Waals surface area contributed by atoms with Crippen LogP contribution in [0.1, 0.15) is 40.0 Å². The quantitative estimate of drug-likeness (QED) is 0.812. The average Bonchev–Trinajstić information content (AvgIpc) is 3.13. The van der Waals surface area contributed by atoms with Crippen LogP contribution < -0.4 is 5.32 Å². The third-order valence-corrected chi connectivity index (χ3v) is 5.12. The minimum atomic E-state index is -0.783. The fourth-order valence-electron chi connectivity index (χ4n) is 3.09. The van der Waals surface area contributed by atoms with Crippen LogP contribution in [-0.2, 0) is 4.79 Å². The predicted octanol–water partition coefficient (Wildman–Crippen LogP) is 2.17. The highest BCUT2D eigenvalue weighted by Crippen LogP contribution is 2.38. The molecule has 2 rings (SSSR count). The molecule has 2 fully saturated rings. The number of urea groups is 1. The second-order valence-electron chi connectivity index (χ2n) is 6.79. The number of amides is 2. The Labute approximate surface area is 120 Å². The molecule has 20 heavy (non-hydrogen) atoms. The van der Waals surface area contributed by atoms with E-state index >= 15 is 0 Å². The zero-order valence-electron chi connectivity index (χ0n) is 12.7. The highest BCUT2D eigenvalue weighted by Gasteiger charge is 2.48. The molecule has 2 aliphatic rings. The standard InChI is InChI=1S/C15H26N2O3/c1-10(2)15(13(18)19)6-7-17(9-15)14(20)16-8-11(3)12-4-5-12/h10-12H,4-9H2,1-3H3,(H,16,20)(H,18,19). The fraction of sp³-hybridized carbons (Fsp3) is 0.867. The van der Waals surface area contributed by atoms with Crippen molar-refractivity contribution < 1.29 is 14.7 Å². The van der Waals surface area contributed by atoms with Crippen LogP contribution in [0.25, 0.3) is 0 Å². The van der Waals surface area contributed by atoms with Gasteiger partial charge in [0.25, 0.3) is 0 Å². The Morgan fingerprint density at radius 3 is 2.45 bits per heavy atom. The zero-order valence-corrected chi connectivity index (χ0v) is 12.7. The Morgan fingerprint density at radius 2 is 2.00 bits per heavy atom. The van der Waals surface area contributed by atoms with E-state index in [0.29, 0.717) is 32.0 Å². The summed E-state index contributed by atoms with van der Waals surface area (Å²) in [5.41, 5.74) is -0.778. The summed E-state index contributed by atoms with van der Waals surface area (Å²) in [6, 6.07) is -0.110. The van der Waals surface area contributed by atoms with Gasteiger partial charge in [-0.15, -0.1) is 0 Å². The van der Waals surface area contributed by atoms with Crippen LogP contribution in [0.15, 0.2) is 0 Å². The van der Waals surface area contributed by atoms with E-state index in [1.54, 1.807) is 4.90 Å². The molecule has 0 bridgehead atoms. The van der Waals surface area contributed by atoms with Gasteiger partial charge in [0.1, 0.15) is 0 Å². The van der Waals surface area contributed by atoms with Gasteiger partial charge >= 0.3 is 12.0 Å². The van der Waals surface area contributed by atoms with Gasteiger partial charge in [0.05, 0.1) is 5.41 Å². The molecule has 0 aromatic heterocycles. The molecule has 5 nitrogen and oxygen atoms in total. The molecule has 1 heterocycles. The van der Waals surface area contributed by atoms with Crippen molar-refractivity contribution in [2.75, 3.05) is 19.6 Å². The van der Waals surface area contributed by atoms with Gasteiger partial charge in [0.2, 0.25) is 0 Å². The van der Waals surface area contributed by atoms with Crippen LogP contribution >= 0.6 is 0 Å². The summed E-state index contributed by atoms with van der Waals surface area (Å²) in [6.07, 6.45) is 3.10. The number of hydrogen-bond donors (Lipinski definition) is 2. The van der Waals surface area contributed by atoms with Crippen molar-refractivity contribution in [3.8, 4) is 0 Å². The van der Waals surface area contributed by atoms with Crippen molar-refractivity contribution in [1.82, 2.24) is 10.2 Å². The highest BCUT2D eigenvalue weighted by atomic mass is 16.4. The molecule has 0 aromatic rings. The Bertz CT molecular complexity index is 393. The summed E-state index contributed by atoms with van der Waals surface area (Å²) in [4.78, 5) is 25.3. The number of rotatable bonds is 5. The number of likely N-dealkylation sites (tertiary alicyclic amines) is 1. The fourth-order valence-corrected chi connectivity index (χ4v) is 3.09. The molecule has 0 spiro atoms. The first-order valence-corrected chi connectivity index (χ1v) is 7.63. The Hall–Kier alpha value is -1.26. The largest absolute Gasteiger partial charge is 0.481 e. The molecule has 2 N–H and O–H groups in total. The first kappa shape index (κ1) is 15.1. The third kappa shape index (κ3) is 2.91. The summed E-state index contributed by atoms with van der Waals surface area (Å²) in [5, 5.41) is 12.4. The number of aliphatic carboxylic acids is 1. The maximum absolute atomic E-state index is 12.1. The average molecular weight is 282 g/mol. The van der Waals surface area contributed by atoms with Gasteiger partial charge in [0, 0.05) is 19.6 Å². The predicted molar refractivity (Wildman–Crippen MR) is 76.4 cm³/mol. The molecular formula is C15H26N2O3. The van der Waals surface area contributed by atoms with Crippen LogP contribution in [0, 0.1) is 23.2 Å². The lowest BCUT2D eigenvalue weighted by molar-refractivity contribution is -0.150. The van der Waals surface area contributed by atoms with Crippen LogP contribution in [0.4, 0.5) is 4.79 Å². The van der Waals surface area contributed by atoms with Crippen molar-refractivity contribution in [3.05, 3.63) is 0 Å². The number of hydrogen-bond acceptors (Lipinski definition) is 2. The van der Waals surface area contributed by atoms with Gasteiger partial charge < -0.3 is 15.3 Å². The van der Waals surface area contributed by atoms with Gasteiger partial charge in [-0.2, -0.15) is 0 Å². The second-order valence-corrected chi connectivity index (χ2v) is 6.79. The van der Waals surface area contributed by atoms with E-state index in [0.717, 1.165) is 5.92 Å². The molecule has 1 saturated heterocycles. The number of carboxylic acids is 1. The first-order valence-electron chi connectivity index (χ1n) is 7.63. The molecule has 0 radical (unpaired) electrons. The van der Waals surface area contributed by atoms with Crippen LogP contribution in [-0.4, -0.2) is 41.6 Å². The van der Waals surface area contributed by atoms with E-state index in [-0.39, 0.29) is 11.9 Å². The van der Waals surface area contributed by atoms with E-state index in [9.17, 15) is 14.7 Å². The molecule has 1 aliphatic carbocycles. The van der Waals surface area contributed by atoms with Gasteiger partial charge in [-0.1, -0.05) is 20.8 Å².